The number of urea groups is 1. The number of oxazole rings is 1. The van der Waals surface area contributed by atoms with E-state index in [1.54, 1.807) is 0 Å². The van der Waals surface area contributed by atoms with Crippen LogP contribution in [0, 0.1) is 19.8 Å². The summed E-state index contributed by atoms with van der Waals surface area (Å²) in [5.74, 6) is 1.51. The predicted molar refractivity (Wildman–Crippen MR) is 83.7 cm³/mol. The standard InChI is InChI=1S/C16H24N4O3/c1-10-11(2)23-13(17-10)9-20-7-5-6-12(8-20)16(3)14(21)19(4)15(22)18-16/h12H,5-9H2,1-4H3,(H,18,22)/t12-,16-/m1/s1. The van der Waals surface area contributed by atoms with Crippen molar-refractivity contribution in [1.82, 2.24) is 20.1 Å². The van der Waals surface area contributed by atoms with Crippen LogP contribution in [0.15, 0.2) is 4.42 Å². The fraction of sp³-hybridized carbons (Fsp3) is 0.688. The summed E-state index contributed by atoms with van der Waals surface area (Å²) in [5, 5.41) is 2.87. The molecule has 2 fully saturated rings. The first-order valence-electron chi connectivity index (χ1n) is 8.07. The van der Waals surface area contributed by atoms with Gasteiger partial charge in [0, 0.05) is 19.5 Å². The van der Waals surface area contributed by atoms with Crippen LogP contribution in [0.4, 0.5) is 4.79 Å². The lowest BCUT2D eigenvalue weighted by Gasteiger charge is -2.39. The first kappa shape index (κ1) is 16.0. The topological polar surface area (TPSA) is 78.7 Å². The highest BCUT2D eigenvalue weighted by Crippen LogP contribution is 2.32. The van der Waals surface area contributed by atoms with Crippen LogP contribution in [-0.2, 0) is 11.3 Å². The molecule has 2 saturated heterocycles. The van der Waals surface area contributed by atoms with Crippen molar-refractivity contribution in [3.63, 3.8) is 0 Å². The molecule has 0 aromatic carbocycles. The number of hydrogen-bond donors (Lipinski definition) is 1. The van der Waals surface area contributed by atoms with Gasteiger partial charge in [0.05, 0.1) is 12.2 Å². The lowest BCUT2D eigenvalue weighted by Crippen LogP contribution is -2.55. The molecule has 0 spiro atoms. The van der Waals surface area contributed by atoms with Crippen LogP contribution in [0.5, 0.6) is 0 Å². The SMILES string of the molecule is Cc1nc(CN2CCC[C@@H]([C@@]3(C)NC(=O)N(C)C3=O)C2)oc1C. The van der Waals surface area contributed by atoms with Crippen LogP contribution in [0.3, 0.4) is 0 Å². The monoisotopic (exact) mass is 320 g/mol. The van der Waals surface area contributed by atoms with Crippen molar-refractivity contribution in [2.24, 2.45) is 5.92 Å². The fourth-order valence-electron chi connectivity index (χ4n) is 3.55. The number of piperidine rings is 1. The molecule has 7 heteroatoms. The van der Waals surface area contributed by atoms with E-state index in [-0.39, 0.29) is 17.9 Å². The summed E-state index contributed by atoms with van der Waals surface area (Å²) in [6.07, 6.45) is 1.92. The molecular weight excluding hydrogens is 296 g/mol. The maximum atomic E-state index is 12.4. The molecule has 3 amide bonds. The Balaban J connectivity index is 1.71. The molecule has 0 saturated carbocycles. The van der Waals surface area contributed by atoms with E-state index >= 15 is 0 Å². The van der Waals surface area contributed by atoms with Crippen LogP contribution < -0.4 is 5.32 Å². The minimum absolute atomic E-state index is 0.0924. The summed E-state index contributed by atoms with van der Waals surface area (Å²) in [6.45, 7) is 8.02. The Labute approximate surface area is 136 Å². The van der Waals surface area contributed by atoms with Crippen molar-refractivity contribution in [1.29, 1.82) is 0 Å². The van der Waals surface area contributed by atoms with Crippen LogP contribution in [0.2, 0.25) is 0 Å². The summed E-state index contributed by atoms with van der Waals surface area (Å²) in [6, 6.07) is -0.312. The first-order chi connectivity index (χ1) is 10.8. The highest BCUT2D eigenvalue weighted by atomic mass is 16.4. The molecule has 23 heavy (non-hydrogen) atoms. The number of likely N-dealkylation sites (N-methyl/N-ethyl adjacent to an activating group) is 1. The van der Waals surface area contributed by atoms with Crippen LogP contribution >= 0.6 is 0 Å². The lowest BCUT2D eigenvalue weighted by atomic mass is 9.80. The second-order valence-corrected chi connectivity index (χ2v) is 6.82. The third kappa shape index (κ3) is 2.73. The molecular formula is C16H24N4O3. The Kier molecular flexibility index (Phi) is 3.91. The summed E-state index contributed by atoms with van der Waals surface area (Å²) in [4.78, 5) is 32.1. The number of nitrogens with zero attached hydrogens (tertiary/aromatic N) is 3. The largest absolute Gasteiger partial charge is 0.444 e. The lowest BCUT2D eigenvalue weighted by molar-refractivity contribution is -0.132. The van der Waals surface area contributed by atoms with Crippen molar-refractivity contribution in [3.05, 3.63) is 17.3 Å². The van der Waals surface area contributed by atoms with E-state index in [0.29, 0.717) is 12.4 Å². The van der Waals surface area contributed by atoms with E-state index in [1.807, 2.05) is 20.8 Å². The van der Waals surface area contributed by atoms with Gasteiger partial charge < -0.3 is 9.73 Å². The van der Waals surface area contributed by atoms with Gasteiger partial charge in [-0.25, -0.2) is 9.78 Å². The van der Waals surface area contributed by atoms with Crippen LogP contribution in [0.1, 0.15) is 37.1 Å². The number of rotatable bonds is 3. The molecule has 0 radical (unpaired) electrons. The molecule has 7 nitrogen and oxygen atoms in total. The Hall–Kier alpha value is -1.89. The maximum Gasteiger partial charge on any atom is 0.324 e. The van der Waals surface area contributed by atoms with Crippen molar-refractivity contribution < 1.29 is 14.0 Å². The van der Waals surface area contributed by atoms with Gasteiger partial charge in [-0.15, -0.1) is 0 Å². The number of aryl methyl sites for hydroxylation is 2. The minimum Gasteiger partial charge on any atom is -0.444 e. The maximum absolute atomic E-state index is 12.4. The normalized spacial score (nSPS) is 29.2. The van der Waals surface area contributed by atoms with Gasteiger partial charge in [-0.2, -0.15) is 0 Å². The van der Waals surface area contributed by atoms with Gasteiger partial charge in [0.2, 0.25) is 5.89 Å². The molecule has 1 aromatic rings. The number of hydrogen-bond acceptors (Lipinski definition) is 5. The van der Waals surface area contributed by atoms with E-state index in [9.17, 15) is 9.59 Å². The zero-order valence-corrected chi connectivity index (χ0v) is 14.2. The van der Waals surface area contributed by atoms with Gasteiger partial charge >= 0.3 is 6.03 Å². The third-order valence-electron chi connectivity index (χ3n) is 5.17. The van der Waals surface area contributed by atoms with Crippen molar-refractivity contribution >= 4 is 11.9 Å². The number of likely N-dealkylation sites (tertiary alicyclic amines) is 1. The predicted octanol–water partition coefficient (Wildman–Crippen LogP) is 1.44. The number of amides is 3. The smallest absolute Gasteiger partial charge is 0.324 e. The number of carbonyl (C=O) groups excluding carboxylic acids is 2. The zero-order valence-electron chi connectivity index (χ0n) is 14.2. The fourth-order valence-corrected chi connectivity index (χ4v) is 3.55. The molecule has 2 atom stereocenters. The Morgan fingerprint density at radius 2 is 2.13 bits per heavy atom. The summed E-state index contributed by atoms with van der Waals surface area (Å²) in [5.41, 5.74) is 0.104. The van der Waals surface area contributed by atoms with Gasteiger partial charge in [-0.1, -0.05) is 0 Å². The molecule has 0 aliphatic carbocycles. The third-order valence-corrected chi connectivity index (χ3v) is 5.17. The molecule has 126 valence electrons. The van der Waals surface area contributed by atoms with Gasteiger partial charge in [-0.3, -0.25) is 14.6 Å². The first-order valence-corrected chi connectivity index (χ1v) is 8.07. The number of imide groups is 1. The molecule has 0 unspecified atom stereocenters. The molecule has 1 N–H and O–H groups in total. The van der Waals surface area contributed by atoms with E-state index in [2.05, 4.69) is 15.2 Å². The van der Waals surface area contributed by atoms with E-state index < -0.39 is 5.54 Å². The number of carbonyl (C=O) groups is 2. The number of nitrogens with one attached hydrogen (secondary N) is 1. The second kappa shape index (κ2) is 5.63. The summed E-state index contributed by atoms with van der Waals surface area (Å²) in [7, 11) is 1.53. The van der Waals surface area contributed by atoms with E-state index in [0.717, 1.165) is 37.4 Å². The summed E-state index contributed by atoms with van der Waals surface area (Å²) >= 11 is 0. The van der Waals surface area contributed by atoms with E-state index in [1.165, 1.54) is 11.9 Å². The molecule has 3 rings (SSSR count). The molecule has 3 heterocycles. The highest BCUT2D eigenvalue weighted by Gasteiger charge is 2.51. The van der Waals surface area contributed by atoms with Gasteiger partial charge in [0.25, 0.3) is 5.91 Å². The second-order valence-electron chi connectivity index (χ2n) is 6.82. The van der Waals surface area contributed by atoms with Crippen molar-refractivity contribution in [2.45, 2.75) is 45.7 Å². The zero-order chi connectivity index (χ0) is 16.8. The Morgan fingerprint density at radius 3 is 2.70 bits per heavy atom. The minimum atomic E-state index is -0.813. The molecule has 2 aliphatic heterocycles. The van der Waals surface area contributed by atoms with E-state index in [4.69, 9.17) is 4.42 Å². The summed E-state index contributed by atoms with van der Waals surface area (Å²) < 4.78 is 5.66. The van der Waals surface area contributed by atoms with Crippen LogP contribution in [0.25, 0.3) is 0 Å². The number of aromatic nitrogens is 1. The average molecular weight is 320 g/mol. The molecule has 0 bridgehead atoms. The Bertz CT molecular complexity index is 622. The molecule has 1 aromatic heterocycles. The van der Waals surface area contributed by atoms with Gasteiger partial charge in [0.15, 0.2) is 0 Å². The molecule has 2 aliphatic rings. The Morgan fingerprint density at radius 1 is 1.39 bits per heavy atom. The quantitative estimate of drug-likeness (QED) is 0.853. The average Bonchev–Trinajstić information content (AvgIpc) is 2.92. The van der Waals surface area contributed by atoms with Gasteiger partial charge in [0.1, 0.15) is 11.3 Å². The highest BCUT2D eigenvalue weighted by molar-refractivity contribution is 6.06. The van der Waals surface area contributed by atoms with Gasteiger partial charge in [-0.05, 0) is 40.2 Å². The van der Waals surface area contributed by atoms with Crippen LogP contribution in [-0.4, -0.2) is 52.4 Å². The van der Waals surface area contributed by atoms with Crippen molar-refractivity contribution in [3.8, 4) is 0 Å². The van der Waals surface area contributed by atoms with Crippen molar-refractivity contribution in [2.75, 3.05) is 20.1 Å².